The summed E-state index contributed by atoms with van der Waals surface area (Å²) in [6.07, 6.45) is 0.149. The van der Waals surface area contributed by atoms with Crippen LogP contribution in [-0.4, -0.2) is 11.1 Å². The number of aryl methyl sites for hydroxylation is 2. The highest BCUT2D eigenvalue weighted by Gasteiger charge is 2.14. The van der Waals surface area contributed by atoms with Crippen molar-refractivity contribution >= 4 is 11.6 Å². The molecule has 1 atom stereocenters. The summed E-state index contributed by atoms with van der Waals surface area (Å²) < 4.78 is 5.86. The number of alkyl halides is 1. The topological polar surface area (TPSA) is 22.1 Å². The number of halogens is 1. The molecule has 2 nitrogen and oxygen atoms in total. The van der Waals surface area contributed by atoms with Gasteiger partial charge in [-0.05, 0) is 38.3 Å². The van der Waals surface area contributed by atoms with E-state index in [0.717, 1.165) is 16.8 Å². The third-order valence-electron chi connectivity index (χ3n) is 2.81. The van der Waals surface area contributed by atoms with E-state index in [9.17, 15) is 0 Å². The Balaban J connectivity index is 3.02. The van der Waals surface area contributed by atoms with Crippen molar-refractivity contribution in [2.75, 3.05) is 0 Å². The molecule has 1 aromatic heterocycles. The minimum Gasteiger partial charge on any atom is -0.474 e. The standard InChI is InChI=1S/C13H20ClNO/c1-8(2)11(5)16-13-12(7-14)9(3)6-10(4)15-13/h6,8,11H,7H2,1-5H3. The van der Waals surface area contributed by atoms with Gasteiger partial charge >= 0.3 is 0 Å². The molecule has 0 saturated carbocycles. The second kappa shape index (κ2) is 5.53. The molecule has 0 aliphatic heterocycles. The van der Waals surface area contributed by atoms with Crippen LogP contribution in [0, 0.1) is 19.8 Å². The van der Waals surface area contributed by atoms with Gasteiger partial charge < -0.3 is 4.74 Å². The molecular weight excluding hydrogens is 222 g/mol. The predicted molar refractivity (Wildman–Crippen MR) is 68.2 cm³/mol. The van der Waals surface area contributed by atoms with E-state index >= 15 is 0 Å². The maximum absolute atomic E-state index is 5.93. The molecule has 0 aliphatic rings. The summed E-state index contributed by atoms with van der Waals surface area (Å²) in [5.74, 6) is 1.60. The van der Waals surface area contributed by atoms with Gasteiger partial charge in [-0.3, -0.25) is 0 Å². The first kappa shape index (κ1) is 13.3. The van der Waals surface area contributed by atoms with Crippen LogP contribution >= 0.6 is 11.6 Å². The van der Waals surface area contributed by atoms with Crippen LogP contribution < -0.4 is 4.74 Å². The second-order valence-corrected chi connectivity index (χ2v) is 4.83. The van der Waals surface area contributed by atoms with E-state index in [2.05, 4.69) is 25.8 Å². The molecule has 0 bridgehead atoms. The molecular formula is C13H20ClNO. The van der Waals surface area contributed by atoms with Crippen molar-refractivity contribution in [1.82, 2.24) is 4.98 Å². The molecule has 1 aromatic rings. The molecule has 0 fully saturated rings. The summed E-state index contributed by atoms with van der Waals surface area (Å²) >= 11 is 5.93. The molecule has 1 unspecified atom stereocenters. The molecule has 0 N–H and O–H groups in total. The lowest BCUT2D eigenvalue weighted by molar-refractivity contribution is 0.161. The summed E-state index contributed by atoms with van der Waals surface area (Å²) in [5.41, 5.74) is 3.12. The zero-order valence-electron chi connectivity index (χ0n) is 10.7. The maximum atomic E-state index is 5.93. The molecule has 1 heterocycles. The number of ether oxygens (including phenoxy) is 1. The monoisotopic (exact) mass is 241 g/mol. The van der Waals surface area contributed by atoms with Crippen molar-refractivity contribution in [1.29, 1.82) is 0 Å². The van der Waals surface area contributed by atoms with E-state index in [1.54, 1.807) is 0 Å². The lowest BCUT2D eigenvalue weighted by Crippen LogP contribution is -2.20. The van der Waals surface area contributed by atoms with Crippen molar-refractivity contribution in [3.8, 4) is 5.88 Å². The second-order valence-electron chi connectivity index (χ2n) is 4.56. The van der Waals surface area contributed by atoms with Crippen LogP contribution in [0.1, 0.15) is 37.6 Å². The highest BCUT2D eigenvalue weighted by atomic mass is 35.5. The van der Waals surface area contributed by atoms with Crippen molar-refractivity contribution in [2.24, 2.45) is 5.92 Å². The number of rotatable bonds is 4. The minimum absolute atomic E-state index is 0.149. The Morgan fingerprint density at radius 2 is 1.94 bits per heavy atom. The van der Waals surface area contributed by atoms with Gasteiger partial charge in [-0.2, -0.15) is 0 Å². The fraction of sp³-hybridized carbons (Fsp3) is 0.615. The lowest BCUT2D eigenvalue weighted by atomic mass is 10.1. The Morgan fingerprint density at radius 1 is 1.31 bits per heavy atom. The zero-order valence-corrected chi connectivity index (χ0v) is 11.4. The van der Waals surface area contributed by atoms with Gasteiger partial charge in [-0.15, -0.1) is 11.6 Å². The van der Waals surface area contributed by atoms with Gasteiger partial charge in [0.1, 0.15) is 0 Å². The van der Waals surface area contributed by atoms with E-state index in [-0.39, 0.29) is 6.10 Å². The third-order valence-corrected chi connectivity index (χ3v) is 3.07. The molecule has 1 rings (SSSR count). The molecule has 0 saturated heterocycles. The number of hydrogen-bond acceptors (Lipinski definition) is 2. The number of hydrogen-bond donors (Lipinski definition) is 0. The molecule has 3 heteroatoms. The zero-order chi connectivity index (χ0) is 12.3. The minimum atomic E-state index is 0.149. The largest absolute Gasteiger partial charge is 0.474 e. The summed E-state index contributed by atoms with van der Waals surface area (Å²) in [6, 6.07) is 2.03. The average molecular weight is 242 g/mol. The van der Waals surface area contributed by atoms with Crippen molar-refractivity contribution in [3.05, 3.63) is 22.9 Å². The molecule has 0 aromatic carbocycles. The van der Waals surface area contributed by atoms with Gasteiger partial charge in [-0.1, -0.05) is 13.8 Å². The van der Waals surface area contributed by atoms with Gasteiger partial charge in [0.2, 0.25) is 5.88 Å². The molecule has 0 radical (unpaired) electrons. The first-order valence-electron chi connectivity index (χ1n) is 5.65. The highest BCUT2D eigenvalue weighted by molar-refractivity contribution is 6.17. The van der Waals surface area contributed by atoms with Crippen LogP contribution in [0.4, 0.5) is 0 Å². The highest BCUT2D eigenvalue weighted by Crippen LogP contribution is 2.24. The summed E-state index contributed by atoms with van der Waals surface area (Å²) in [7, 11) is 0. The van der Waals surface area contributed by atoms with Crippen molar-refractivity contribution < 1.29 is 4.74 Å². The van der Waals surface area contributed by atoms with Gasteiger partial charge in [0.05, 0.1) is 12.0 Å². The van der Waals surface area contributed by atoms with E-state index in [1.807, 2.05) is 19.9 Å². The van der Waals surface area contributed by atoms with Gasteiger partial charge in [0.25, 0.3) is 0 Å². The Morgan fingerprint density at radius 3 is 2.44 bits per heavy atom. The summed E-state index contributed by atoms with van der Waals surface area (Å²) in [4.78, 5) is 4.42. The Hall–Kier alpha value is -0.760. The summed E-state index contributed by atoms with van der Waals surface area (Å²) in [6.45, 7) is 10.3. The van der Waals surface area contributed by atoms with Gasteiger partial charge in [-0.25, -0.2) is 4.98 Å². The quantitative estimate of drug-likeness (QED) is 0.747. The smallest absolute Gasteiger partial charge is 0.218 e. The van der Waals surface area contributed by atoms with Crippen molar-refractivity contribution in [2.45, 2.75) is 46.6 Å². The van der Waals surface area contributed by atoms with Crippen LogP contribution in [0.3, 0.4) is 0 Å². The Labute approximate surface area is 103 Å². The Kier molecular flexibility index (Phi) is 4.60. The van der Waals surface area contributed by atoms with Gasteiger partial charge in [0.15, 0.2) is 0 Å². The molecule has 0 spiro atoms. The summed E-state index contributed by atoms with van der Waals surface area (Å²) in [5, 5.41) is 0. The molecule has 0 aliphatic carbocycles. The fourth-order valence-corrected chi connectivity index (χ4v) is 1.73. The van der Waals surface area contributed by atoms with E-state index in [4.69, 9.17) is 16.3 Å². The van der Waals surface area contributed by atoms with E-state index in [0.29, 0.717) is 17.7 Å². The fourth-order valence-electron chi connectivity index (χ4n) is 1.40. The normalized spacial score (nSPS) is 12.9. The first-order chi connectivity index (χ1) is 7.45. The van der Waals surface area contributed by atoms with Crippen LogP contribution in [0.25, 0.3) is 0 Å². The first-order valence-corrected chi connectivity index (χ1v) is 6.19. The van der Waals surface area contributed by atoms with Crippen LogP contribution in [-0.2, 0) is 5.88 Å². The van der Waals surface area contributed by atoms with Crippen molar-refractivity contribution in [3.63, 3.8) is 0 Å². The van der Waals surface area contributed by atoms with Crippen LogP contribution in [0.15, 0.2) is 6.07 Å². The lowest BCUT2D eigenvalue weighted by Gasteiger charge is -2.20. The SMILES string of the molecule is Cc1cc(C)c(CCl)c(OC(C)C(C)C)n1. The van der Waals surface area contributed by atoms with Crippen LogP contribution in [0.2, 0.25) is 0 Å². The van der Waals surface area contributed by atoms with Gasteiger partial charge in [0, 0.05) is 11.3 Å². The van der Waals surface area contributed by atoms with E-state index < -0.39 is 0 Å². The van der Waals surface area contributed by atoms with E-state index in [1.165, 1.54) is 0 Å². The number of nitrogens with zero attached hydrogens (tertiary/aromatic N) is 1. The molecule has 16 heavy (non-hydrogen) atoms. The maximum Gasteiger partial charge on any atom is 0.218 e. The third kappa shape index (κ3) is 3.11. The number of pyridine rings is 1. The Bertz CT molecular complexity index is 363. The average Bonchev–Trinajstić information content (AvgIpc) is 2.16. The molecule has 90 valence electrons. The number of aromatic nitrogens is 1. The predicted octanol–water partition coefficient (Wildman–Crippen LogP) is 3.86. The van der Waals surface area contributed by atoms with Crippen LogP contribution in [0.5, 0.6) is 5.88 Å². The molecule has 0 amide bonds.